The van der Waals surface area contributed by atoms with Gasteiger partial charge in [0, 0.05) is 55.2 Å². The van der Waals surface area contributed by atoms with E-state index < -0.39 is 0 Å². The number of benzene rings is 3. The van der Waals surface area contributed by atoms with Crippen LogP contribution in [-0.4, -0.2) is 62.5 Å². The number of thioether (sulfide) groups is 1. The van der Waals surface area contributed by atoms with E-state index in [1.807, 2.05) is 39.8 Å². The predicted octanol–water partition coefficient (Wildman–Crippen LogP) is 5.06. The van der Waals surface area contributed by atoms with Crippen LogP contribution in [0.15, 0.2) is 96.4 Å². The Morgan fingerprint density at radius 2 is 1.58 bits per heavy atom. The molecule has 5 aromatic rings. The first-order chi connectivity index (χ1) is 18.7. The Labute approximate surface area is 223 Å². The average Bonchev–Trinajstić information content (AvgIpc) is 3.40. The number of amides is 1. The lowest BCUT2D eigenvalue weighted by atomic mass is 10.1. The highest BCUT2D eigenvalue weighted by molar-refractivity contribution is 7.99. The Balaban J connectivity index is 1.22. The Morgan fingerprint density at radius 1 is 0.842 bits per heavy atom. The molecule has 190 valence electrons. The van der Waals surface area contributed by atoms with Crippen molar-refractivity contribution >= 4 is 34.1 Å². The number of carbonyl (C=O) groups is 1. The molecule has 1 saturated heterocycles. The molecule has 0 atom stereocenters. The third-order valence-electron chi connectivity index (χ3n) is 6.73. The second-order valence-corrected chi connectivity index (χ2v) is 9.95. The van der Waals surface area contributed by atoms with Gasteiger partial charge in [-0.15, -0.1) is 10.2 Å². The number of anilines is 1. The van der Waals surface area contributed by atoms with Crippen LogP contribution in [0.3, 0.4) is 0 Å². The van der Waals surface area contributed by atoms with Gasteiger partial charge in [0.2, 0.25) is 5.91 Å². The highest BCUT2D eigenvalue weighted by atomic mass is 32.2. The van der Waals surface area contributed by atoms with Crippen molar-refractivity contribution < 1.29 is 9.18 Å². The molecule has 1 amide bonds. The minimum Gasteiger partial charge on any atom is -0.368 e. The number of aromatic nitrogens is 4. The number of rotatable bonds is 6. The number of pyridine rings is 1. The van der Waals surface area contributed by atoms with Crippen LogP contribution in [0.4, 0.5) is 10.1 Å². The topological polar surface area (TPSA) is 67.2 Å². The fourth-order valence-corrected chi connectivity index (χ4v) is 5.60. The third-order valence-corrected chi connectivity index (χ3v) is 7.64. The lowest BCUT2D eigenvalue weighted by Gasteiger charge is -2.36. The van der Waals surface area contributed by atoms with Crippen LogP contribution in [0.5, 0.6) is 0 Å². The molecule has 7 nitrogen and oxygen atoms in total. The second-order valence-electron chi connectivity index (χ2n) is 9.01. The molecule has 0 unspecified atom stereocenters. The number of hydrogen-bond donors (Lipinski definition) is 0. The maximum Gasteiger partial charge on any atom is 0.233 e. The van der Waals surface area contributed by atoms with Crippen molar-refractivity contribution in [3.63, 3.8) is 0 Å². The van der Waals surface area contributed by atoms with E-state index in [9.17, 15) is 9.18 Å². The zero-order chi connectivity index (χ0) is 25.9. The van der Waals surface area contributed by atoms with Crippen LogP contribution in [-0.2, 0) is 4.79 Å². The van der Waals surface area contributed by atoms with Crippen molar-refractivity contribution in [3.05, 3.63) is 97.1 Å². The molecule has 6 rings (SSSR count). The summed E-state index contributed by atoms with van der Waals surface area (Å²) in [6.45, 7) is 2.66. The van der Waals surface area contributed by atoms with E-state index in [-0.39, 0.29) is 17.5 Å². The summed E-state index contributed by atoms with van der Waals surface area (Å²) in [5, 5.41) is 11.9. The molecule has 0 bridgehead atoms. The van der Waals surface area contributed by atoms with Crippen LogP contribution in [0.2, 0.25) is 0 Å². The summed E-state index contributed by atoms with van der Waals surface area (Å²) in [6.07, 6.45) is 3.47. The van der Waals surface area contributed by atoms with Gasteiger partial charge in [-0.05, 0) is 47.9 Å². The Morgan fingerprint density at radius 3 is 2.37 bits per heavy atom. The van der Waals surface area contributed by atoms with Crippen molar-refractivity contribution in [2.24, 2.45) is 0 Å². The van der Waals surface area contributed by atoms with Gasteiger partial charge in [-0.3, -0.25) is 14.3 Å². The monoisotopic (exact) mass is 524 g/mol. The molecule has 38 heavy (non-hydrogen) atoms. The van der Waals surface area contributed by atoms with Crippen molar-refractivity contribution in [2.75, 3.05) is 36.8 Å². The molecule has 1 fully saturated rings. The molecule has 0 saturated carbocycles. The standard InChI is InChI=1S/C29H25FN6OS/c30-23-8-10-24(11-9-23)34-16-18-35(19-17-34)27(37)20-38-29-33-32-28(22-12-14-31-15-13-22)36(29)26-7-3-5-21-4-1-2-6-25(21)26/h1-15H,16-20H2. The second kappa shape index (κ2) is 10.6. The lowest BCUT2D eigenvalue weighted by molar-refractivity contribution is -0.128. The fourth-order valence-electron chi connectivity index (χ4n) is 4.76. The highest BCUT2D eigenvalue weighted by Gasteiger charge is 2.23. The summed E-state index contributed by atoms with van der Waals surface area (Å²) >= 11 is 1.39. The van der Waals surface area contributed by atoms with Crippen LogP contribution in [0.25, 0.3) is 27.8 Å². The van der Waals surface area contributed by atoms with Crippen LogP contribution in [0.1, 0.15) is 0 Å². The lowest BCUT2D eigenvalue weighted by Crippen LogP contribution is -2.49. The molecule has 3 heterocycles. The molecular formula is C29H25FN6OS. The van der Waals surface area contributed by atoms with Gasteiger partial charge in [0.15, 0.2) is 11.0 Å². The number of halogens is 1. The van der Waals surface area contributed by atoms with Gasteiger partial charge in [-0.1, -0.05) is 48.2 Å². The molecule has 1 aliphatic rings. The zero-order valence-electron chi connectivity index (χ0n) is 20.6. The Kier molecular flexibility index (Phi) is 6.75. The highest BCUT2D eigenvalue weighted by Crippen LogP contribution is 2.32. The predicted molar refractivity (Wildman–Crippen MR) is 148 cm³/mol. The summed E-state index contributed by atoms with van der Waals surface area (Å²) in [6, 6.07) is 24.7. The first-order valence-electron chi connectivity index (χ1n) is 12.4. The van der Waals surface area contributed by atoms with E-state index in [0.717, 1.165) is 27.7 Å². The van der Waals surface area contributed by atoms with Crippen molar-refractivity contribution in [1.82, 2.24) is 24.6 Å². The average molecular weight is 525 g/mol. The minimum atomic E-state index is -0.247. The van der Waals surface area contributed by atoms with Crippen molar-refractivity contribution in [2.45, 2.75) is 5.16 Å². The Hall–Kier alpha value is -4.24. The van der Waals surface area contributed by atoms with E-state index >= 15 is 0 Å². The largest absolute Gasteiger partial charge is 0.368 e. The first-order valence-corrected chi connectivity index (χ1v) is 13.4. The summed E-state index contributed by atoms with van der Waals surface area (Å²) < 4.78 is 15.3. The normalized spacial score (nSPS) is 13.7. The Bertz CT molecular complexity index is 1560. The summed E-state index contributed by atoms with van der Waals surface area (Å²) in [4.78, 5) is 21.4. The van der Waals surface area contributed by atoms with E-state index in [1.54, 1.807) is 24.5 Å². The van der Waals surface area contributed by atoms with Crippen LogP contribution < -0.4 is 4.90 Å². The molecule has 2 aromatic heterocycles. The molecule has 0 radical (unpaired) electrons. The van der Waals surface area contributed by atoms with Crippen LogP contribution >= 0.6 is 11.8 Å². The fraction of sp³-hybridized carbons (Fsp3) is 0.172. The maximum absolute atomic E-state index is 13.3. The molecule has 3 aromatic carbocycles. The number of hydrogen-bond acceptors (Lipinski definition) is 6. The van der Waals surface area contributed by atoms with Gasteiger partial charge < -0.3 is 9.80 Å². The molecule has 0 aliphatic carbocycles. The number of nitrogens with zero attached hydrogens (tertiary/aromatic N) is 6. The SMILES string of the molecule is O=C(CSc1nnc(-c2ccncc2)n1-c1cccc2ccccc12)N1CCN(c2ccc(F)cc2)CC1. The quantitative estimate of drug-likeness (QED) is 0.289. The van der Waals surface area contributed by atoms with E-state index in [0.29, 0.717) is 37.2 Å². The van der Waals surface area contributed by atoms with E-state index in [2.05, 4.69) is 44.3 Å². The molecule has 1 aliphatic heterocycles. The zero-order valence-corrected chi connectivity index (χ0v) is 21.4. The van der Waals surface area contributed by atoms with Gasteiger partial charge in [-0.25, -0.2) is 4.39 Å². The first kappa shape index (κ1) is 24.1. The molecule has 0 N–H and O–H groups in total. The van der Waals surface area contributed by atoms with E-state index in [4.69, 9.17) is 0 Å². The maximum atomic E-state index is 13.3. The van der Waals surface area contributed by atoms with Gasteiger partial charge in [-0.2, -0.15) is 0 Å². The summed E-state index contributed by atoms with van der Waals surface area (Å²) in [7, 11) is 0. The van der Waals surface area contributed by atoms with Gasteiger partial charge >= 0.3 is 0 Å². The molecule has 9 heteroatoms. The number of piperazine rings is 1. The number of carbonyl (C=O) groups excluding carboxylic acids is 1. The third kappa shape index (κ3) is 4.84. The smallest absolute Gasteiger partial charge is 0.233 e. The van der Waals surface area contributed by atoms with Gasteiger partial charge in [0.05, 0.1) is 11.4 Å². The van der Waals surface area contributed by atoms with Gasteiger partial charge in [0.25, 0.3) is 0 Å². The minimum absolute atomic E-state index is 0.0617. The van der Waals surface area contributed by atoms with E-state index in [1.165, 1.54) is 23.9 Å². The van der Waals surface area contributed by atoms with Crippen molar-refractivity contribution in [3.8, 4) is 17.1 Å². The number of fused-ring (bicyclic) bond motifs is 1. The molecule has 0 spiro atoms. The summed E-state index contributed by atoms with van der Waals surface area (Å²) in [5.41, 5.74) is 2.83. The summed E-state index contributed by atoms with van der Waals surface area (Å²) in [5.74, 6) is 0.775. The van der Waals surface area contributed by atoms with Crippen LogP contribution in [0, 0.1) is 5.82 Å². The van der Waals surface area contributed by atoms with Gasteiger partial charge in [0.1, 0.15) is 5.82 Å². The molecular weight excluding hydrogens is 499 g/mol. The van der Waals surface area contributed by atoms with Crippen molar-refractivity contribution in [1.29, 1.82) is 0 Å².